The van der Waals surface area contributed by atoms with E-state index in [1.807, 2.05) is 26.0 Å². The Hall–Kier alpha value is -2.69. The van der Waals surface area contributed by atoms with E-state index in [4.69, 9.17) is 5.26 Å². The third-order valence-corrected chi connectivity index (χ3v) is 6.54. The molecule has 0 heterocycles. The van der Waals surface area contributed by atoms with Gasteiger partial charge in [-0.2, -0.15) is 9.57 Å². The van der Waals surface area contributed by atoms with Crippen LogP contribution >= 0.6 is 0 Å². The molecule has 0 fully saturated rings. The van der Waals surface area contributed by atoms with Crippen LogP contribution in [0.3, 0.4) is 0 Å². The molecular weight excluding hydrogens is 374 g/mol. The van der Waals surface area contributed by atoms with Crippen LogP contribution in [0.25, 0.3) is 0 Å². The number of nitriles is 1. The molecule has 0 saturated carbocycles. The van der Waals surface area contributed by atoms with Crippen molar-refractivity contribution >= 4 is 15.9 Å². The molecule has 2 rings (SSSR count). The molecule has 0 aliphatic rings. The summed E-state index contributed by atoms with van der Waals surface area (Å²) in [4.78, 5) is 12.3. The summed E-state index contributed by atoms with van der Waals surface area (Å²) in [7, 11) is -3.47. The highest BCUT2D eigenvalue weighted by atomic mass is 32.2. The van der Waals surface area contributed by atoms with Crippen molar-refractivity contribution in [3.8, 4) is 6.07 Å². The van der Waals surface area contributed by atoms with Crippen LogP contribution in [0.2, 0.25) is 0 Å². The second-order valence-electron chi connectivity index (χ2n) is 6.32. The fraction of sp³-hybridized carbons (Fsp3) is 0.333. The first-order chi connectivity index (χ1) is 13.4. The van der Waals surface area contributed by atoms with Crippen LogP contribution in [-0.4, -0.2) is 31.7 Å². The Bertz CT molecular complexity index is 926. The summed E-state index contributed by atoms with van der Waals surface area (Å²) in [6.07, 6.45) is 0.943. The second kappa shape index (κ2) is 10.0. The minimum Gasteiger partial charge on any atom is -0.352 e. The normalized spacial score (nSPS) is 11.2. The Balaban J connectivity index is 1.87. The molecule has 1 amide bonds. The molecule has 0 bridgehead atoms. The molecule has 2 aromatic rings. The van der Waals surface area contributed by atoms with Crippen LogP contribution in [0.15, 0.2) is 53.4 Å². The molecule has 0 unspecified atom stereocenters. The van der Waals surface area contributed by atoms with Gasteiger partial charge < -0.3 is 5.32 Å². The molecule has 0 saturated heterocycles. The summed E-state index contributed by atoms with van der Waals surface area (Å²) >= 11 is 0. The standard InChI is InChI=1S/C21H25N3O3S/c1-3-24(4-2)28(26,27)20-12-9-19(10-13-20)16-23-21(25)14-11-17-5-7-18(15-22)8-6-17/h5-10,12-13H,3-4,11,14,16H2,1-2H3,(H,23,25). The Morgan fingerprint density at radius 1 is 1.00 bits per heavy atom. The highest BCUT2D eigenvalue weighted by Gasteiger charge is 2.21. The van der Waals surface area contributed by atoms with Crippen LogP contribution in [0.5, 0.6) is 0 Å². The number of aryl methyl sites for hydroxylation is 1. The zero-order chi connectivity index (χ0) is 20.6. The largest absolute Gasteiger partial charge is 0.352 e. The number of benzene rings is 2. The van der Waals surface area contributed by atoms with Gasteiger partial charge in [0.1, 0.15) is 0 Å². The summed E-state index contributed by atoms with van der Waals surface area (Å²) in [5, 5.41) is 11.6. The summed E-state index contributed by atoms with van der Waals surface area (Å²) in [5.41, 5.74) is 2.44. The van der Waals surface area contributed by atoms with Crippen LogP contribution in [-0.2, 0) is 27.8 Å². The molecule has 0 atom stereocenters. The lowest BCUT2D eigenvalue weighted by Crippen LogP contribution is -2.30. The van der Waals surface area contributed by atoms with Gasteiger partial charge in [-0.05, 0) is 41.8 Å². The molecule has 6 nitrogen and oxygen atoms in total. The maximum absolute atomic E-state index is 12.5. The Morgan fingerprint density at radius 3 is 2.11 bits per heavy atom. The van der Waals surface area contributed by atoms with Crippen molar-refractivity contribution in [1.82, 2.24) is 9.62 Å². The fourth-order valence-electron chi connectivity index (χ4n) is 2.78. The first-order valence-electron chi connectivity index (χ1n) is 9.25. The summed E-state index contributed by atoms with van der Waals surface area (Å²) in [6.45, 7) is 4.81. The molecule has 0 spiro atoms. The molecule has 0 radical (unpaired) electrons. The van der Waals surface area contributed by atoms with Gasteiger partial charge in [-0.25, -0.2) is 8.42 Å². The number of carbonyl (C=O) groups is 1. The molecule has 7 heteroatoms. The third kappa shape index (κ3) is 5.65. The van der Waals surface area contributed by atoms with E-state index in [1.165, 1.54) is 4.31 Å². The van der Waals surface area contributed by atoms with E-state index in [0.717, 1.165) is 11.1 Å². The van der Waals surface area contributed by atoms with Gasteiger partial charge in [0.25, 0.3) is 0 Å². The number of hydrogen-bond acceptors (Lipinski definition) is 4. The van der Waals surface area contributed by atoms with Gasteiger partial charge in [0.15, 0.2) is 0 Å². The van der Waals surface area contributed by atoms with Crippen molar-refractivity contribution in [1.29, 1.82) is 5.26 Å². The van der Waals surface area contributed by atoms with E-state index in [1.54, 1.807) is 36.4 Å². The van der Waals surface area contributed by atoms with Gasteiger partial charge in [-0.1, -0.05) is 38.1 Å². The topological polar surface area (TPSA) is 90.3 Å². The monoisotopic (exact) mass is 399 g/mol. The fourth-order valence-corrected chi connectivity index (χ4v) is 4.24. The molecule has 0 aliphatic carbocycles. The van der Waals surface area contributed by atoms with Crippen LogP contribution in [0.4, 0.5) is 0 Å². The zero-order valence-electron chi connectivity index (χ0n) is 16.2. The number of hydrogen-bond donors (Lipinski definition) is 1. The minimum atomic E-state index is -3.47. The van der Waals surface area contributed by atoms with E-state index in [2.05, 4.69) is 11.4 Å². The number of amides is 1. The van der Waals surface area contributed by atoms with E-state index in [9.17, 15) is 13.2 Å². The predicted octanol–water partition coefficient (Wildman–Crippen LogP) is 2.84. The molecule has 0 aliphatic heterocycles. The Morgan fingerprint density at radius 2 is 1.57 bits per heavy atom. The van der Waals surface area contributed by atoms with Crippen molar-refractivity contribution in [2.24, 2.45) is 0 Å². The predicted molar refractivity (Wildman–Crippen MR) is 108 cm³/mol. The Labute approximate surface area is 166 Å². The lowest BCUT2D eigenvalue weighted by Gasteiger charge is -2.18. The molecular formula is C21H25N3O3S. The highest BCUT2D eigenvalue weighted by Crippen LogP contribution is 2.16. The Kier molecular flexibility index (Phi) is 7.73. The summed E-state index contributed by atoms with van der Waals surface area (Å²) < 4.78 is 26.4. The molecule has 28 heavy (non-hydrogen) atoms. The van der Waals surface area contributed by atoms with Gasteiger partial charge >= 0.3 is 0 Å². The van der Waals surface area contributed by atoms with Gasteiger partial charge in [-0.15, -0.1) is 0 Å². The van der Waals surface area contributed by atoms with E-state index in [0.29, 0.717) is 38.0 Å². The van der Waals surface area contributed by atoms with Gasteiger partial charge in [0.2, 0.25) is 15.9 Å². The number of rotatable bonds is 9. The number of carbonyl (C=O) groups excluding carboxylic acids is 1. The van der Waals surface area contributed by atoms with Gasteiger partial charge in [-0.3, -0.25) is 4.79 Å². The van der Waals surface area contributed by atoms with Crippen LogP contribution < -0.4 is 5.32 Å². The number of nitrogens with one attached hydrogen (secondary N) is 1. The number of nitrogens with zero attached hydrogens (tertiary/aromatic N) is 2. The van der Waals surface area contributed by atoms with Crippen molar-refractivity contribution in [2.45, 2.75) is 38.1 Å². The summed E-state index contributed by atoms with van der Waals surface area (Å²) in [6, 6.07) is 15.8. The van der Waals surface area contributed by atoms with Crippen molar-refractivity contribution in [3.05, 3.63) is 65.2 Å². The molecule has 1 N–H and O–H groups in total. The van der Waals surface area contributed by atoms with Crippen molar-refractivity contribution in [3.63, 3.8) is 0 Å². The lowest BCUT2D eigenvalue weighted by molar-refractivity contribution is -0.121. The van der Waals surface area contributed by atoms with Gasteiger partial charge in [0.05, 0.1) is 16.5 Å². The molecule has 0 aromatic heterocycles. The zero-order valence-corrected chi connectivity index (χ0v) is 17.0. The average molecular weight is 400 g/mol. The van der Waals surface area contributed by atoms with Gasteiger partial charge in [0, 0.05) is 26.1 Å². The van der Waals surface area contributed by atoms with E-state index < -0.39 is 10.0 Å². The smallest absolute Gasteiger partial charge is 0.243 e. The quantitative estimate of drug-likeness (QED) is 0.702. The maximum atomic E-state index is 12.5. The summed E-state index contributed by atoms with van der Waals surface area (Å²) in [5.74, 6) is -0.0794. The third-order valence-electron chi connectivity index (χ3n) is 4.48. The molecule has 2 aromatic carbocycles. The lowest BCUT2D eigenvalue weighted by atomic mass is 10.1. The maximum Gasteiger partial charge on any atom is 0.243 e. The first-order valence-corrected chi connectivity index (χ1v) is 10.7. The average Bonchev–Trinajstić information content (AvgIpc) is 2.72. The first kappa shape index (κ1) is 21.6. The highest BCUT2D eigenvalue weighted by molar-refractivity contribution is 7.89. The van der Waals surface area contributed by atoms with E-state index >= 15 is 0 Å². The van der Waals surface area contributed by atoms with Crippen LogP contribution in [0, 0.1) is 11.3 Å². The minimum absolute atomic E-state index is 0.0794. The van der Waals surface area contributed by atoms with Crippen molar-refractivity contribution < 1.29 is 13.2 Å². The van der Waals surface area contributed by atoms with E-state index in [-0.39, 0.29) is 10.8 Å². The van der Waals surface area contributed by atoms with Crippen LogP contribution in [0.1, 0.15) is 37.0 Å². The SMILES string of the molecule is CCN(CC)S(=O)(=O)c1ccc(CNC(=O)CCc2ccc(C#N)cc2)cc1. The molecule has 148 valence electrons. The van der Waals surface area contributed by atoms with Crippen molar-refractivity contribution in [2.75, 3.05) is 13.1 Å². The second-order valence-corrected chi connectivity index (χ2v) is 8.26. The number of sulfonamides is 1.